The summed E-state index contributed by atoms with van der Waals surface area (Å²) in [5.74, 6) is 0.579. The number of carbonyl (C=O) groups is 1. The third-order valence-corrected chi connectivity index (χ3v) is 5.80. The molecular formula is C19H21NO4S. The second-order valence-electron chi connectivity index (χ2n) is 6.45. The molecule has 1 heterocycles. The molecule has 132 valence electrons. The molecule has 0 spiro atoms. The molecule has 0 atom stereocenters. The van der Waals surface area contributed by atoms with Crippen LogP contribution in [0.3, 0.4) is 0 Å². The minimum Gasteiger partial charge on any atom is -0.508 e. The predicted molar refractivity (Wildman–Crippen MR) is 95.5 cm³/mol. The number of aromatic hydroxyl groups is 1. The summed E-state index contributed by atoms with van der Waals surface area (Å²) in [5.41, 5.74) is 1.69. The van der Waals surface area contributed by atoms with Gasteiger partial charge in [-0.2, -0.15) is 0 Å². The van der Waals surface area contributed by atoms with Crippen LogP contribution in [0.4, 0.5) is 0 Å². The van der Waals surface area contributed by atoms with Gasteiger partial charge in [-0.1, -0.05) is 12.1 Å². The number of phenols is 1. The van der Waals surface area contributed by atoms with E-state index in [1.165, 1.54) is 17.7 Å². The second-order valence-corrected chi connectivity index (χ2v) is 8.47. The Morgan fingerprint density at radius 2 is 1.56 bits per heavy atom. The Morgan fingerprint density at radius 3 is 2.08 bits per heavy atom. The highest BCUT2D eigenvalue weighted by Gasteiger charge is 2.24. The van der Waals surface area contributed by atoms with Gasteiger partial charge in [0.25, 0.3) is 5.91 Å². The first-order valence-corrected chi connectivity index (χ1v) is 10.1. The number of rotatable bonds is 3. The lowest BCUT2D eigenvalue weighted by atomic mass is 9.89. The number of nitrogens with zero attached hydrogens (tertiary/aromatic N) is 1. The lowest BCUT2D eigenvalue weighted by Crippen LogP contribution is -2.37. The molecule has 0 saturated carbocycles. The zero-order valence-corrected chi connectivity index (χ0v) is 14.9. The maximum absolute atomic E-state index is 12.6. The van der Waals surface area contributed by atoms with Crippen molar-refractivity contribution in [2.75, 3.05) is 19.3 Å². The van der Waals surface area contributed by atoms with E-state index in [0.717, 1.165) is 19.1 Å². The topological polar surface area (TPSA) is 74.7 Å². The van der Waals surface area contributed by atoms with E-state index >= 15 is 0 Å². The Bertz CT molecular complexity index is 849. The Morgan fingerprint density at radius 1 is 1.00 bits per heavy atom. The SMILES string of the molecule is CS(=O)(=O)c1ccc(C(=O)N2CCC(c3ccc(O)cc3)CC2)cc1. The van der Waals surface area contributed by atoms with Gasteiger partial charge < -0.3 is 10.0 Å². The Hall–Kier alpha value is -2.34. The van der Waals surface area contributed by atoms with Crippen molar-refractivity contribution in [1.29, 1.82) is 0 Å². The first kappa shape index (κ1) is 17.5. The van der Waals surface area contributed by atoms with Crippen LogP contribution in [-0.2, 0) is 9.84 Å². The molecule has 0 bridgehead atoms. The van der Waals surface area contributed by atoms with Gasteiger partial charge in [-0.05, 0) is 60.7 Å². The van der Waals surface area contributed by atoms with E-state index in [0.29, 0.717) is 24.6 Å². The lowest BCUT2D eigenvalue weighted by Gasteiger charge is -2.32. The largest absolute Gasteiger partial charge is 0.508 e. The number of amides is 1. The molecular weight excluding hydrogens is 338 g/mol. The third-order valence-electron chi connectivity index (χ3n) is 4.68. The summed E-state index contributed by atoms with van der Waals surface area (Å²) in [6.07, 6.45) is 2.90. The zero-order chi connectivity index (χ0) is 18.0. The number of sulfone groups is 1. The van der Waals surface area contributed by atoms with E-state index < -0.39 is 9.84 Å². The van der Waals surface area contributed by atoms with Crippen molar-refractivity contribution in [2.24, 2.45) is 0 Å². The monoisotopic (exact) mass is 359 g/mol. The highest BCUT2D eigenvalue weighted by Crippen LogP contribution is 2.29. The van der Waals surface area contributed by atoms with Gasteiger partial charge in [0.1, 0.15) is 5.75 Å². The van der Waals surface area contributed by atoms with Crippen LogP contribution in [0.2, 0.25) is 0 Å². The Kier molecular flexibility index (Phi) is 4.81. The average Bonchev–Trinajstić information content (AvgIpc) is 2.61. The Balaban J connectivity index is 1.64. The number of piperidine rings is 1. The highest BCUT2D eigenvalue weighted by atomic mass is 32.2. The van der Waals surface area contributed by atoms with Crippen molar-refractivity contribution in [3.8, 4) is 5.75 Å². The number of benzene rings is 2. The molecule has 1 fully saturated rings. The van der Waals surface area contributed by atoms with E-state index in [-0.39, 0.29) is 16.6 Å². The van der Waals surface area contributed by atoms with Gasteiger partial charge >= 0.3 is 0 Å². The van der Waals surface area contributed by atoms with Crippen LogP contribution in [0.25, 0.3) is 0 Å². The summed E-state index contributed by atoms with van der Waals surface area (Å²) in [4.78, 5) is 14.6. The van der Waals surface area contributed by atoms with E-state index in [2.05, 4.69) is 0 Å². The van der Waals surface area contributed by atoms with Gasteiger partial charge in [-0.3, -0.25) is 4.79 Å². The van der Waals surface area contributed by atoms with E-state index in [1.807, 2.05) is 17.0 Å². The normalized spacial score (nSPS) is 16.0. The first-order valence-electron chi connectivity index (χ1n) is 8.23. The van der Waals surface area contributed by atoms with Crippen molar-refractivity contribution in [1.82, 2.24) is 4.90 Å². The number of phenolic OH excluding ortho intramolecular Hbond substituents is 1. The maximum Gasteiger partial charge on any atom is 0.253 e. The van der Waals surface area contributed by atoms with Crippen LogP contribution in [0.15, 0.2) is 53.4 Å². The zero-order valence-electron chi connectivity index (χ0n) is 14.1. The Labute approximate surface area is 147 Å². The number of hydrogen-bond donors (Lipinski definition) is 1. The van der Waals surface area contributed by atoms with Crippen LogP contribution in [-0.4, -0.2) is 43.7 Å². The summed E-state index contributed by atoms with van der Waals surface area (Å²) in [6, 6.07) is 13.3. The number of likely N-dealkylation sites (tertiary alicyclic amines) is 1. The van der Waals surface area contributed by atoms with Gasteiger partial charge in [0.05, 0.1) is 4.90 Å². The third kappa shape index (κ3) is 4.02. The van der Waals surface area contributed by atoms with Crippen molar-refractivity contribution < 1.29 is 18.3 Å². The molecule has 1 aliphatic rings. The molecule has 0 radical (unpaired) electrons. The molecule has 6 heteroatoms. The summed E-state index contributed by atoms with van der Waals surface area (Å²) in [5, 5.41) is 9.38. The molecule has 2 aromatic carbocycles. The summed E-state index contributed by atoms with van der Waals surface area (Å²) >= 11 is 0. The fourth-order valence-corrected chi connectivity index (χ4v) is 3.82. The molecule has 1 aliphatic heterocycles. The van der Waals surface area contributed by atoms with Gasteiger partial charge in [-0.15, -0.1) is 0 Å². The minimum absolute atomic E-state index is 0.0655. The highest BCUT2D eigenvalue weighted by molar-refractivity contribution is 7.90. The molecule has 25 heavy (non-hydrogen) atoms. The smallest absolute Gasteiger partial charge is 0.253 e. The number of hydrogen-bond acceptors (Lipinski definition) is 4. The first-order chi connectivity index (χ1) is 11.8. The molecule has 1 saturated heterocycles. The molecule has 0 aliphatic carbocycles. The van der Waals surface area contributed by atoms with E-state index in [4.69, 9.17) is 0 Å². The maximum atomic E-state index is 12.6. The lowest BCUT2D eigenvalue weighted by molar-refractivity contribution is 0.0713. The fourth-order valence-electron chi connectivity index (χ4n) is 3.19. The molecule has 0 unspecified atom stereocenters. The van der Waals surface area contributed by atoms with Gasteiger partial charge in [0.2, 0.25) is 0 Å². The molecule has 1 amide bonds. The van der Waals surface area contributed by atoms with Crippen LogP contribution in [0.5, 0.6) is 5.75 Å². The predicted octanol–water partition coefficient (Wildman–Crippen LogP) is 2.82. The van der Waals surface area contributed by atoms with Gasteiger partial charge in [0, 0.05) is 24.9 Å². The average molecular weight is 359 g/mol. The van der Waals surface area contributed by atoms with Crippen molar-refractivity contribution in [3.63, 3.8) is 0 Å². The quantitative estimate of drug-likeness (QED) is 0.914. The minimum atomic E-state index is -3.25. The summed E-state index contributed by atoms with van der Waals surface area (Å²) in [7, 11) is -3.25. The molecule has 2 aromatic rings. The summed E-state index contributed by atoms with van der Waals surface area (Å²) < 4.78 is 23.0. The van der Waals surface area contributed by atoms with Crippen LogP contribution >= 0.6 is 0 Å². The molecule has 5 nitrogen and oxygen atoms in total. The van der Waals surface area contributed by atoms with Gasteiger partial charge in [-0.25, -0.2) is 8.42 Å². The van der Waals surface area contributed by atoms with Gasteiger partial charge in [0.15, 0.2) is 9.84 Å². The van der Waals surface area contributed by atoms with E-state index in [9.17, 15) is 18.3 Å². The fraction of sp³-hybridized carbons (Fsp3) is 0.316. The standard InChI is InChI=1S/C19H21NO4S/c1-25(23,24)18-8-4-16(5-9-18)19(22)20-12-10-15(11-13-20)14-2-6-17(21)7-3-14/h2-9,15,21H,10-13H2,1H3. The number of carbonyl (C=O) groups excluding carboxylic acids is 1. The molecule has 0 aromatic heterocycles. The van der Waals surface area contributed by atoms with Crippen LogP contribution in [0, 0.1) is 0 Å². The van der Waals surface area contributed by atoms with Crippen molar-refractivity contribution in [3.05, 3.63) is 59.7 Å². The van der Waals surface area contributed by atoms with Crippen LogP contribution < -0.4 is 0 Å². The summed E-state index contributed by atoms with van der Waals surface area (Å²) in [6.45, 7) is 1.33. The van der Waals surface area contributed by atoms with Crippen LogP contribution in [0.1, 0.15) is 34.7 Å². The van der Waals surface area contributed by atoms with E-state index in [1.54, 1.807) is 24.3 Å². The molecule has 1 N–H and O–H groups in total. The molecule has 3 rings (SSSR count). The van der Waals surface area contributed by atoms with Crippen molar-refractivity contribution in [2.45, 2.75) is 23.7 Å². The second kappa shape index (κ2) is 6.88. The van der Waals surface area contributed by atoms with Crippen molar-refractivity contribution >= 4 is 15.7 Å².